The standard InChI is InChI=1S/C20H26N4O2S/c1-4-8-24-9-7-17-15(11-24)19(26)23-20(22-17)27-12-18(25)21-16-6-5-13(2)10-14(16)3/h5-6,10H,4,7-9,11-12H2,1-3H3,(H,21,25)(H,22,23,26). The van der Waals surface area contributed by atoms with E-state index >= 15 is 0 Å². The van der Waals surface area contributed by atoms with Crippen LogP contribution in [0.1, 0.15) is 35.7 Å². The average Bonchev–Trinajstić information content (AvgIpc) is 2.63. The molecule has 0 radical (unpaired) electrons. The van der Waals surface area contributed by atoms with E-state index in [2.05, 4.69) is 27.1 Å². The maximum Gasteiger partial charge on any atom is 0.256 e. The summed E-state index contributed by atoms with van der Waals surface area (Å²) in [6.45, 7) is 8.71. The van der Waals surface area contributed by atoms with Gasteiger partial charge in [0.05, 0.1) is 17.0 Å². The SMILES string of the molecule is CCCN1CCc2nc(SCC(=O)Nc3ccc(C)cc3C)[nH]c(=O)c2C1. The summed E-state index contributed by atoms with van der Waals surface area (Å²) in [5, 5.41) is 3.43. The largest absolute Gasteiger partial charge is 0.325 e. The van der Waals surface area contributed by atoms with Gasteiger partial charge in [-0.15, -0.1) is 0 Å². The maximum absolute atomic E-state index is 12.4. The lowest BCUT2D eigenvalue weighted by atomic mass is 10.1. The van der Waals surface area contributed by atoms with Crippen molar-refractivity contribution in [2.75, 3.05) is 24.2 Å². The van der Waals surface area contributed by atoms with Gasteiger partial charge in [0, 0.05) is 25.2 Å². The van der Waals surface area contributed by atoms with Crippen LogP contribution in [-0.2, 0) is 17.8 Å². The van der Waals surface area contributed by atoms with E-state index in [0.29, 0.717) is 11.7 Å². The van der Waals surface area contributed by atoms with Gasteiger partial charge >= 0.3 is 0 Å². The molecule has 3 rings (SSSR count). The van der Waals surface area contributed by atoms with Crippen molar-refractivity contribution in [3.63, 3.8) is 0 Å². The Morgan fingerprint density at radius 3 is 2.93 bits per heavy atom. The van der Waals surface area contributed by atoms with Crippen LogP contribution < -0.4 is 10.9 Å². The number of carbonyl (C=O) groups is 1. The molecule has 1 aliphatic rings. The summed E-state index contributed by atoms with van der Waals surface area (Å²) in [6, 6.07) is 5.92. The third-order valence-corrected chi connectivity index (χ3v) is 5.54. The number of thioether (sulfide) groups is 1. The molecule has 7 heteroatoms. The summed E-state index contributed by atoms with van der Waals surface area (Å²) in [5.74, 6) is 0.0956. The van der Waals surface area contributed by atoms with E-state index < -0.39 is 0 Å². The summed E-state index contributed by atoms with van der Waals surface area (Å²) in [5.41, 5.74) is 4.55. The van der Waals surface area contributed by atoms with Crippen LogP contribution in [0.2, 0.25) is 0 Å². The molecule has 1 aromatic carbocycles. The molecule has 0 aliphatic carbocycles. The van der Waals surface area contributed by atoms with Crippen LogP contribution in [-0.4, -0.2) is 39.6 Å². The Bertz CT molecular complexity index is 894. The summed E-state index contributed by atoms with van der Waals surface area (Å²) in [7, 11) is 0. The topological polar surface area (TPSA) is 78.1 Å². The fourth-order valence-electron chi connectivity index (χ4n) is 3.31. The third-order valence-electron chi connectivity index (χ3n) is 4.66. The number of carbonyl (C=O) groups excluding carboxylic acids is 1. The number of aromatic amines is 1. The number of aromatic nitrogens is 2. The van der Waals surface area contributed by atoms with Gasteiger partial charge in [-0.3, -0.25) is 14.5 Å². The Morgan fingerprint density at radius 1 is 1.37 bits per heavy atom. The number of rotatable bonds is 6. The highest BCUT2D eigenvalue weighted by Crippen LogP contribution is 2.20. The Hall–Kier alpha value is -2.12. The Kier molecular flexibility index (Phi) is 6.34. The molecule has 2 N–H and O–H groups in total. The van der Waals surface area contributed by atoms with Crippen molar-refractivity contribution in [3.8, 4) is 0 Å². The van der Waals surface area contributed by atoms with Crippen molar-refractivity contribution >= 4 is 23.4 Å². The van der Waals surface area contributed by atoms with Crippen LogP contribution in [0, 0.1) is 13.8 Å². The minimum absolute atomic E-state index is 0.0851. The number of anilines is 1. The Morgan fingerprint density at radius 2 is 2.19 bits per heavy atom. The molecule has 27 heavy (non-hydrogen) atoms. The van der Waals surface area contributed by atoms with E-state index in [1.165, 1.54) is 11.8 Å². The molecule has 0 bridgehead atoms. The fraction of sp³-hybridized carbons (Fsp3) is 0.450. The molecule has 0 spiro atoms. The molecule has 0 fully saturated rings. The second-order valence-electron chi connectivity index (χ2n) is 6.98. The normalized spacial score (nSPS) is 14.0. The van der Waals surface area contributed by atoms with Gasteiger partial charge < -0.3 is 10.3 Å². The zero-order chi connectivity index (χ0) is 19.4. The van der Waals surface area contributed by atoms with E-state index in [0.717, 1.165) is 54.0 Å². The number of benzene rings is 1. The third kappa shape index (κ3) is 4.99. The molecular formula is C20H26N4O2S. The van der Waals surface area contributed by atoms with Gasteiger partial charge in [0.1, 0.15) is 0 Å². The molecule has 2 aromatic rings. The predicted molar refractivity (Wildman–Crippen MR) is 109 cm³/mol. The molecule has 1 aromatic heterocycles. The van der Waals surface area contributed by atoms with Crippen LogP contribution in [0.15, 0.2) is 28.2 Å². The van der Waals surface area contributed by atoms with Crippen molar-refractivity contribution < 1.29 is 4.79 Å². The zero-order valence-corrected chi connectivity index (χ0v) is 16.9. The minimum atomic E-state index is -0.110. The number of aryl methyl sites for hydroxylation is 2. The summed E-state index contributed by atoms with van der Waals surface area (Å²) < 4.78 is 0. The number of H-pyrrole nitrogens is 1. The molecule has 1 aliphatic heterocycles. The van der Waals surface area contributed by atoms with Crippen LogP contribution in [0.25, 0.3) is 0 Å². The van der Waals surface area contributed by atoms with Crippen molar-refractivity contribution in [3.05, 3.63) is 50.9 Å². The average molecular weight is 387 g/mol. The molecule has 0 atom stereocenters. The fourth-order valence-corrected chi connectivity index (χ4v) is 3.99. The van der Waals surface area contributed by atoms with Gasteiger partial charge in [0.15, 0.2) is 5.16 Å². The maximum atomic E-state index is 12.4. The van der Waals surface area contributed by atoms with Crippen LogP contribution in [0.4, 0.5) is 5.69 Å². The molecule has 1 amide bonds. The van der Waals surface area contributed by atoms with Crippen LogP contribution >= 0.6 is 11.8 Å². The first kappa shape index (κ1) is 19.6. The van der Waals surface area contributed by atoms with Gasteiger partial charge in [-0.1, -0.05) is 36.4 Å². The van der Waals surface area contributed by atoms with E-state index in [-0.39, 0.29) is 17.2 Å². The highest BCUT2D eigenvalue weighted by Gasteiger charge is 2.20. The monoisotopic (exact) mass is 386 g/mol. The lowest BCUT2D eigenvalue weighted by Gasteiger charge is -2.27. The predicted octanol–water partition coefficient (Wildman–Crippen LogP) is 2.89. The highest BCUT2D eigenvalue weighted by molar-refractivity contribution is 7.99. The quantitative estimate of drug-likeness (QED) is 0.590. The van der Waals surface area contributed by atoms with E-state index in [1.54, 1.807) is 0 Å². The smallest absolute Gasteiger partial charge is 0.256 e. The van der Waals surface area contributed by atoms with E-state index in [1.807, 2.05) is 32.0 Å². The van der Waals surface area contributed by atoms with Crippen molar-refractivity contribution in [1.82, 2.24) is 14.9 Å². The highest BCUT2D eigenvalue weighted by atomic mass is 32.2. The van der Waals surface area contributed by atoms with Gasteiger partial charge in [0.2, 0.25) is 5.91 Å². The van der Waals surface area contributed by atoms with Crippen LogP contribution in [0.3, 0.4) is 0 Å². The summed E-state index contributed by atoms with van der Waals surface area (Å²) in [4.78, 5) is 34.3. The Balaban J connectivity index is 1.62. The van der Waals surface area contributed by atoms with E-state index in [4.69, 9.17) is 0 Å². The molecule has 0 saturated heterocycles. The number of nitrogens with one attached hydrogen (secondary N) is 2. The first-order valence-corrected chi connectivity index (χ1v) is 10.3. The molecule has 144 valence electrons. The molecule has 0 unspecified atom stereocenters. The van der Waals surface area contributed by atoms with Gasteiger partial charge in [-0.05, 0) is 38.4 Å². The molecule has 6 nitrogen and oxygen atoms in total. The number of hydrogen-bond donors (Lipinski definition) is 2. The molecule has 2 heterocycles. The second kappa shape index (κ2) is 8.71. The van der Waals surface area contributed by atoms with Crippen molar-refractivity contribution in [1.29, 1.82) is 0 Å². The Labute approximate surface area is 163 Å². The van der Waals surface area contributed by atoms with Gasteiger partial charge in [-0.25, -0.2) is 4.98 Å². The molecular weight excluding hydrogens is 360 g/mol. The number of amides is 1. The summed E-state index contributed by atoms with van der Waals surface area (Å²) >= 11 is 1.26. The van der Waals surface area contributed by atoms with E-state index in [9.17, 15) is 9.59 Å². The number of hydrogen-bond acceptors (Lipinski definition) is 5. The first-order chi connectivity index (χ1) is 13.0. The zero-order valence-electron chi connectivity index (χ0n) is 16.1. The minimum Gasteiger partial charge on any atom is -0.325 e. The second-order valence-corrected chi connectivity index (χ2v) is 7.94. The van der Waals surface area contributed by atoms with Gasteiger partial charge in [-0.2, -0.15) is 0 Å². The van der Waals surface area contributed by atoms with Crippen LogP contribution in [0.5, 0.6) is 0 Å². The molecule has 0 saturated carbocycles. The van der Waals surface area contributed by atoms with Gasteiger partial charge in [0.25, 0.3) is 5.56 Å². The lowest BCUT2D eigenvalue weighted by molar-refractivity contribution is -0.113. The first-order valence-electron chi connectivity index (χ1n) is 9.30. The number of nitrogens with zero attached hydrogens (tertiary/aromatic N) is 2. The lowest BCUT2D eigenvalue weighted by Crippen LogP contribution is -2.36. The number of fused-ring (bicyclic) bond motifs is 1. The van der Waals surface area contributed by atoms with Crippen molar-refractivity contribution in [2.45, 2.75) is 45.3 Å². The van der Waals surface area contributed by atoms with Crippen molar-refractivity contribution in [2.24, 2.45) is 0 Å². The summed E-state index contributed by atoms with van der Waals surface area (Å²) in [6.07, 6.45) is 1.85.